The summed E-state index contributed by atoms with van der Waals surface area (Å²) in [5.74, 6) is 0.281. The van der Waals surface area contributed by atoms with Crippen LogP contribution in [0.2, 0.25) is 0 Å². The van der Waals surface area contributed by atoms with Crippen LogP contribution in [-0.4, -0.2) is 17.9 Å². The normalized spacial score (nSPS) is 9.18. The average Bonchev–Trinajstić information content (AvgIpc) is 2.40. The monoisotopic (exact) mass is 156 g/mol. The highest BCUT2D eigenvalue weighted by Gasteiger charge is 2.02. The van der Waals surface area contributed by atoms with Crippen molar-refractivity contribution < 1.29 is 14.1 Å². The highest BCUT2D eigenvalue weighted by atomic mass is 16.6. The van der Waals surface area contributed by atoms with E-state index in [9.17, 15) is 4.79 Å². The summed E-state index contributed by atoms with van der Waals surface area (Å²) >= 11 is 0. The molecule has 0 aromatic carbocycles. The average molecular weight is 156 g/mol. The molecule has 5 heteroatoms. The van der Waals surface area contributed by atoms with Crippen LogP contribution in [0.4, 0.5) is 10.7 Å². The molecule has 0 aliphatic heterocycles. The molecule has 1 amide bonds. The Kier molecular flexibility index (Phi) is 2.48. The number of nitrogens with zero attached hydrogens (tertiary/aromatic N) is 1. The molecule has 1 heterocycles. The molecule has 0 saturated heterocycles. The van der Waals surface area contributed by atoms with Gasteiger partial charge < -0.3 is 9.26 Å². The number of anilines is 1. The Hall–Kier alpha value is -1.52. The molecule has 0 unspecified atom stereocenters. The van der Waals surface area contributed by atoms with Crippen LogP contribution >= 0.6 is 0 Å². The Morgan fingerprint density at radius 2 is 2.73 bits per heavy atom. The van der Waals surface area contributed by atoms with Crippen LogP contribution in [0.25, 0.3) is 0 Å². The highest BCUT2D eigenvalue weighted by molar-refractivity contribution is 5.82. The Bertz CT molecular complexity index is 220. The van der Waals surface area contributed by atoms with Gasteiger partial charge in [-0.2, -0.15) is 0 Å². The summed E-state index contributed by atoms with van der Waals surface area (Å²) in [4.78, 5) is 10.7. The highest BCUT2D eigenvalue weighted by Crippen LogP contribution is 2.03. The minimum Gasteiger partial charge on any atom is -0.450 e. The van der Waals surface area contributed by atoms with Crippen molar-refractivity contribution in [3.8, 4) is 0 Å². The maximum Gasteiger partial charge on any atom is 0.414 e. The molecule has 1 N–H and O–H groups in total. The van der Waals surface area contributed by atoms with Gasteiger partial charge in [-0.25, -0.2) is 4.79 Å². The van der Waals surface area contributed by atoms with E-state index in [1.165, 1.54) is 12.3 Å². The van der Waals surface area contributed by atoms with Gasteiger partial charge >= 0.3 is 6.09 Å². The molecule has 0 aliphatic carbocycles. The summed E-state index contributed by atoms with van der Waals surface area (Å²) in [5.41, 5.74) is 0. The first-order valence-corrected chi connectivity index (χ1v) is 3.17. The summed E-state index contributed by atoms with van der Waals surface area (Å²) in [5, 5.41) is 5.72. The van der Waals surface area contributed by atoms with E-state index in [-0.39, 0.29) is 5.88 Å². The smallest absolute Gasteiger partial charge is 0.414 e. The number of carbonyl (C=O) groups excluding carboxylic acids is 1. The third-order valence-electron chi connectivity index (χ3n) is 0.939. The Morgan fingerprint density at radius 3 is 3.27 bits per heavy atom. The van der Waals surface area contributed by atoms with E-state index in [0.717, 1.165) is 0 Å². The van der Waals surface area contributed by atoms with Gasteiger partial charge in [0.25, 0.3) is 0 Å². The molecule has 0 fully saturated rings. The third kappa shape index (κ3) is 2.29. The van der Waals surface area contributed by atoms with Crippen LogP contribution in [0.15, 0.2) is 16.8 Å². The maximum absolute atomic E-state index is 10.7. The molecule has 60 valence electrons. The lowest BCUT2D eigenvalue weighted by Gasteiger charge is -1.99. The minimum absolute atomic E-state index is 0.281. The summed E-state index contributed by atoms with van der Waals surface area (Å²) in [6.07, 6.45) is 0.894. The van der Waals surface area contributed by atoms with Crippen molar-refractivity contribution in [1.29, 1.82) is 0 Å². The van der Waals surface area contributed by atoms with Gasteiger partial charge in [-0.05, 0) is 6.92 Å². The van der Waals surface area contributed by atoms with E-state index in [2.05, 4.69) is 19.7 Å². The molecular formula is C6H8N2O3. The third-order valence-corrected chi connectivity index (χ3v) is 0.939. The predicted octanol–water partition coefficient (Wildman–Crippen LogP) is 1.24. The zero-order valence-electron chi connectivity index (χ0n) is 6.03. The van der Waals surface area contributed by atoms with E-state index >= 15 is 0 Å². The topological polar surface area (TPSA) is 64.4 Å². The summed E-state index contributed by atoms with van der Waals surface area (Å²) < 4.78 is 9.17. The first-order valence-electron chi connectivity index (χ1n) is 3.17. The van der Waals surface area contributed by atoms with E-state index in [1.807, 2.05) is 0 Å². The number of nitrogens with one attached hydrogen (secondary N) is 1. The van der Waals surface area contributed by atoms with E-state index in [0.29, 0.717) is 6.61 Å². The number of aromatic nitrogens is 1. The molecule has 0 radical (unpaired) electrons. The first kappa shape index (κ1) is 7.59. The van der Waals surface area contributed by atoms with Crippen molar-refractivity contribution in [1.82, 2.24) is 5.16 Å². The SMILES string of the molecule is CCOC(=O)Nc1ccno1. The Balaban J connectivity index is 2.37. The van der Waals surface area contributed by atoms with Gasteiger partial charge in [0.05, 0.1) is 12.8 Å². The fraction of sp³-hybridized carbons (Fsp3) is 0.333. The number of ether oxygens (including phenoxy) is 1. The quantitative estimate of drug-likeness (QED) is 0.699. The van der Waals surface area contributed by atoms with Crippen LogP contribution in [0.5, 0.6) is 0 Å². The van der Waals surface area contributed by atoms with Crippen molar-refractivity contribution >= 4 is 12.0 Å². The molecule has 1 aromatic heterocycles. The van der Waals surface area contributed by atoms with Gasteiger partial charge in [0, 0.05) is 6.07 Å². The van der Waals surface area contributed by atoms with Crippen molar-refractivity contribution in [2.75, 3.05) is 11.9 Å². The molecule has 0 saturated carbocycles. The van der Waals surface area contributed by atoms with Gasteiger partial charge in [0.2, 0.25) is 5.88 Å². The molecule has 1 aromatic rings. The molecule has 1 rings (SSSR count). The minimum atomic E-state index is -0.538. The fourth-order valence-corrected chi connectivity index (χ4v) is 0.548. The lowest BCUT2D eigenvalue weighted by molar-refractivity contribution is 0.167. The number of hydrogen-bond donors (Lipinski definition) is 1. The Labute approximate surface area is 63.3 Å². The summed E-state index contributed by atoms with van der Waals surface area (Å²) in [6, 6.07) is 1.52. The number of hydrogen-bond acceptors (Lipinski definition) is 4. The van der Waals surface area contributed by atoms with Crippen LogP contribution in [0, 0.1) is 0 Å². The van der Waals surface area contributed by atoms with E-state index in [4.69, 9.17) is 0 Å². The summed E-state index contributed by atoms with van der Waals surface area (Å²) in [6.45, 7) is 2.06. The fourth-order valence-electron chi connectivity index (χ4n) is 0.548. The molecule has 0 atom stereocenters. The standard InChI is InChI=1S/C6H8N2O3/c1-2-10-6(9)8-5-3-4-7-11-5/h3-4H,2H2,1H3,(H,8,9). The largest absolute Gasteiger partial charge is 0.450 e. The molecule has 0 aliphatic rings. The first-order chi connectivity index (χ1) is 5.33. The lowest BCUT2D eigenvalue weighted by Crippen LogP contribution is -2.12. The van der Waals surface area contributed by atoms with Gasteiger partial charge in [-0.3, -0.25) is 5.32 Å². The van der Waals surface area contributed by atoms with E-state index in [1.54, 1.807) is 6.92 Å². The molecule has 0 bridgehead atoms. The summed E-state index contributed by atoms with van der Waals surface area (Å²) in [7, 11) is 0. The Morgan fingerprint density at radius 1 is 1.91 bits per heavy atom. The molecule has 5 nitrogen and oxygen atoms in total. The molecular weight excluding hydrogens is 148 g/mol. The second-order valence-corrected chi connectivity index (χ2v) is 1.72. The van der Waals surface area contributed by atoms with Gasteiger partial charge in [-0.1, -0.05) is 5.16 Å². The number of carbonyl (C=O) groups is 1. The van der Waals surface area contributed by atoms with Gasteiger partial charge in [-0.15, -0.1) is 0 Å². The van der Waals surface area contributed by atoms with Crippen molar-refractivity contribution in [2.24, 2.45) is 0 Å². The van der Waals surface area contributed by atoms with Crippen molar-refractivity contribution in [3.05, 3.63) is 12.3 Å². The predicted molar refractivity (Wildman–Crippen MR) is 37.1 cm³/mol. The zero-order chi connectivity index (χ0) is 8.10. The zero-order valence-corrected chi connectivity index (χ0v) is 6.03. The number of rotatable bonds is 2. The molecule has 11 heavy (non-hydrogen) atoms. The van der Waals surface area contributed by atoms with E-state index < -0.39 is 6.09 Å². The van der Waals surface area contributed by atoms with Crippen molar-refractivity contribution in [2.45, 2.75) is 6.92 Å². The second-order valence-electron chi connectivity index (χ2n) is 1.72. The van der Waals surface area contributed by atoms with Crippen LogP contribution < -0.4 is 5.32 Å². The van der Waals surface area contributed by atoms with Crippen LogP contribution in [-0.2, 0) is 4.74 Å². The van der Waals surface area contributed by atoms with Crippen LogP contribution in [0.1, 0.15) is 6.92 Å². The molecule has 0 spiro atoms. The van der Waals surface area contributed by atoms with Crippen molar-refractivity contribution in [3.63, 3.8) is 0 Å². The number of amides is 1. The lowest BCUT2D eigenvalue weighted by atomic mass is 10.7. The maximum atomic E-state index is 10.7. The van der Waals surface area contributed by atoms with Crippen LogP contribution in [0.3, 0.4) is 0 Å². The second kappa shape index (κ2) is 3.60. The van der Waals surface area contributed by atoms with Gasteiger partial charge in [0.15, 0.2) is 0 Å². The van der Waals surface area contributed by atoms with Gasteiger partial charge in [0.1, 0.15) is 0 Å².